The number of thiazole rings is 1. The van der Waals surface area contributed by atoms with E-state index in [1.807, 2.05) is 18.2 Å². The van der Waals surface area contributed by atoms with Gasteiger partial charge in [0, 0.05) is 12.1 Å². The van der Waals surface area contributed by atoms with E-state index in [0.717, 1.165) is 34.2 Å². The Morgan fingerprint density at radius 1 is 1.25 bits per heavy atom. The van der Waals surface area contributed by atoms with Crippen molar-refractivity contribution in [2.75, 3.05) is 6.54 Å². The molecule has 0 bridgehead atoms. The summed E-state index contributed by atoms with van der Waals surface area (Å²) in [5.41, 5.74) is 9.93. The van der Waals surface area contributed by atoms with Crippen LogP contribution in [-0.2, 0) is 16.6 Å². The van der Waals surface area contributed by atoms with Crippen molar-refractivity contribution in [3.8, 4) is 5.75 Å². The zero-order valence-corrected chi connectivity index (χ0v) is 16.1. The molecule has 1 heterocycles. The normalized spacial score (nSPS) is 18.6. The molecule has 1 aliphatic carbocycles. The summed E-state index contributed by atoms with van der Waals surface area (Å²) in [4.78, 5) is 29.2. The summed E-state index contributed by atoms with van der Waals surface area (Å²) in [5, 5.41) is 12.8. The van der Waals surface area contributed by atoms with Crippen LogP contribution in [0.5, 0.6) is 5.75 Å². The van der Waals surface area contributed by atoms with E-state index in [-0.39, 0.29) is 11.7 Å². The smallest absolute Gasteiger partial charge is 0.251 e. The highest BCUT2D eigenvalue weighted by Crippen LogP contribution is 2.41. The number of nitrogens with two attached hydrogens (primary N) is 1. The Bertz CT molecular complexity index is 1060. The average Bonchev–Trinajstić information content (AvgIpc) is 3.15. The first-order valence-electron chi connectivity index (χ1n) is 9.23. The molecule has 0 saturated carbocycles. The number of hydrogen-bond acceptors (Lipinski definition) is 5. The fourth-order valence-corrected chi connectivity index (χ4v) is 4.79. The zero-order chi connectivity index (χ0) is 19.7. The largest absolute Gasteiger partial charge is 0.508 e. The Morgan fingerprint density at radius 3 is 2.93 bits per heavy atom. The number of carbonyl (C=O) groups excluding carboxylic acids is 2. The lowest BCUT2D eigenvalue weighted by molar-refractivity contribution is -0.124. The molecule has 0 saturated heterocycles. The van der Waals surface area contributed by atoms with Crippen LogP contribution in [0.15, 0.2) is 41.9 Å². The molecule has 4 N–H and O–H groups in total. The van der Waals surface area contributed by atoms with Gasteiger partial charge in [0.2, 0.25) is 5.91 Å². The number of amides is 2. The predicted octanol–water partition coefficient (Wildman–Crippen LogP) is 2.88. The SMILES string of the molecule is NC(=O)C1(CCNC(=O)c2ccc3ncsc3c2)CCCc2ccc(O)cc21. The molecule has 0 fully saturated rings. The molecule has 4 rings (SSSR count). The van der Waals surface area contributed by atoms with Gasteiger partial charge in [0.05, 0.1) is 21.1 Å². The van der Waals surface area contributed by atoms with Crippen molar-refractivity contribution in [1.82, 2.24) is 10.3 Å². The van der Waals surface area contributed by atoms with Crippen LogP contribution in [0.1, 0.15) is 40.7 Å². The Morgan fingerprint density at radius 2 is 2.11 bits per heavy atom. The zero-order valence-electron chi connectivity index (χ0n) is 15.3. The van der Waals surface area contributed by atoms with Gasteiger partial charge in [0.15, 0.2) is 0 Å². The minimum atomic E-state index is -0.874. The predicted molar refractivity (Wildman–Crippen MR) is 108 cm³/mol. The molecule has 0 radical (unpaired) electrons. The minimum Gasteiger partial charge on any atom is -0.508 e. The van der Waals surface area contributed by atoms with Gasteiger partial charge >= 0.3 is 0 Å². The number of aromatic hydroxyl groups is 1. The molecule has 0 spiro atoms. The average molecular weight is 395 g/mol. The van der Waals surface area contributed by atoms with Gasteiger partial charge in [0.25, 0.3) is 5.91 Å². The van der Waals surface area contributed by atoms with Gasteiger partial charge in [-0.3, -0.25) is 9.59 Å². The number of carbonyl (C=O) groups is 2. The number of nitrogens with one attached hydrogen (secondary N) is 1. The summed E-state index contributed by atoms with van der Waals surface area (Å²) in [7, 11) is 0. The maximum Gasteiger partial charge on any atom is 0.251 e. The maximum absolute atomic E-state index is 12.5. The molecule has 1 unspecified atom stereocenters. The highest BCUT2D eigenvalue weighted by molar-refractivity contribution is 7.16. The third-order valence-corrected chi connectivity index (χ3v) is 6.35. The molecule has 2 amide bonds. The van der Waals surface area contributed by atoms with Crippen LogP contribution >= 0.6 is 11.3 Å². The number of hydrogen-bond donors (Lipinski definition) is 3. The number of primary amides is 1. The number of phenolic OH excluding ortho intramolecular Hbond substituents is 1. The summed E-state index contributed by atoms with van der Waals surface area (Å²) in [6.07, 6.45) is 2.71. The lowest BCUT2D eigenvalue weighted by Crippen LogP contribution is -2.46. The van der Waals surface area contributed by atoms with Gasteiger partial charge in [-0.15, -0.1) is 11.3 Å². The fraction of sp³-hybridized carbons (Fsp3) is 0.286. The standard InChI is InChI=1S/C21H21N3O3S/c22-20(27)21(7-1-2-13-3-5-15(25)11-16(13)21)8-9-23-19(26)14-4-6-17-18(10-14)28-12-24-17/h3-6,10-12,25H,1-2,7-9H2,(H2,22,27)(H,23,26). The van der Waals surface area contributed by atoms with Crippen LogP contribution in [0.25, 0.3) is 10.2 Å². The van der Waals surface area contributed by atoms with Crippen LogP contribution in [0.3, 0.4) is 0 Å². The topological polar surface area (TPSA) is 105 Å². The van der Waals surface area contributed by atoms with Crippen molar-refractivity contribution < 1.29 is 14.7 Å². The second-order valence-corrected chi connectivity index (χ2v) is 8.07. The highest BCUT2D eigenvalue weighted by Gasteiger charge is 2.41. The summed E-state index contributed by atoms with van der Waals surface area (Å²) >= 11 is 1.49. The van der Waals surface area contributed by atoms with Crippen molar-refractivity contribution in [2.24, 2.45) is 5.73 Å². The van der Waals surface area contributed by atoms with E-state index in [9.17, 15) is 14.7 Å². The molecule has 7 heteroatoms. The fourth-order valence-electron chi connectivity index (χ4n) is 4.07. The monoisotopic (exact) mass is 395 g/mol. The van der Waals surface area contributed by atoms with Gasteiger partial charge in [-0.05, 0) is 67.1 Å². The molecule has 2 aromatic carbocycles. The van der Waals surface area contributed by atoms with E-state index < -0.39 is 11.3 Å². The second kappa shape index (κ2) is 7.24. The number of aromatic nitrogens is 1. The van der Waals surface area contributed by atoms with Crippen LogP contribution < -0.4 is 11.1 Å². The molecule has 28 heavy (non-hydrogen) atoms. The Labute approximate surface area is 166 Å². The van der Waals surface area contributed by atoms with Crippen LogP contribution in [0.4, 0.5) is 0 Å². The van der Waals surface area contributed by atoms with Gasteiger partial charge < -0.3 is 16.2 Å². The Kier molecular flexibility index (Phi) is 4.77. The maximum atomic E-state index is 12.5. The minimum absolute atomic E-state index is 0.119. The molecule has 144 valence electrons. The van der Waals surface area contributed by atoms with Crippen LogP contribution in [-0.4, -0.2) is 28.4 Å². The van der Waals surface area contributed by atoms with Crippen LogP contribution in [0, 0.1) is 0 Å². The van der Waals surface area contributed by atoms with Gasteiger partial charge in [-0.25, -0.2) is 4.98 Å². The number of rotatable bonds is 5. The first-order valence-corrected chi connectivity index (χ1v) is 10.1. The number of fused-ring (bicyclic) bond motifs is 2. The van der Waals surface area contributed by atoms with E-state index in [2.05, 4.69) is 10.3 Å². The number of benzene rings is 2. The molecule has 1 aromatic heterocycles. The van der Waals surface area contributed by atoms with Crippen molar-refractivity contribution >= 4 is 33.4 Å². The van der Waals surface area contributed by atoms with Crippen molar-refractivity contribution in [2.45, 2.75) is 31.1 Å². The summed E-state index contributed by atoms with van der Waals surface area (Å²) in [6, 6.07) is 10.5. The lowest BCUT2D eigenvalue weighted by atomic mass is 9.67. The van der Waals surface area contributed by atoms with Gasteiger partial charge in [-0.2, -0.15) is 0 Å². The van der Waals surface area contributed by atoms with E-state index in [1.165, 1.54) is 11.3 Å². The number of nitrogens with zero attached hydrogens (tertiary/aromatic N) is 1. The Balaban J connectivity index is 1.52. The highest BCUT2D eigenvalue weighted by atomic mass is 32.1. The molecule has 0 aliphatic heterocycles. The number of phenols is 1. The van der Waals surface area contributed by atoms with Gasteiger partial charge in [-0.1, -0.05) is 6.07 Å². The summed E-state index contributed by atoms with van der Waals surface area (Å²) in [5.74, 6) is -0.491. The third-order valence-electron chi connectivity index (χ3n) is 5.56. The first-order chi connectivity index (χ1) is 13.5. The van der Waals surface area contributed by atoms with Gasteiger partial charge in [0.1, 0.15) is 5.75 Å². The van der Waals surface area contributed by atoms with E-state index in [4.69, 9.17) is 5.73 Å². The quantitative estimate of drug-likeness (QED) is 0.618. The molecular weight excluding hydrogens is 374 g/mol. The number of aryl methyl sites for hydroxylation is 1. The van der Waals surface area contributed by atoms with Crippen LogP contribution in [0.2, 0.25) is 0 Å². The van der Waals surface area contributed by atoms with E-state index in [1.54, 1.807) is 23.7 Å². The van der Waals surface area contributed by atoms with E-state index in [0.29, 0.717) is 24.9 Å². The molecular formula is C21H21N3O3S. The first kappa shape index (κ1) is 18.4. The second-order valence-electron chi connectivity index (χ2n) is 7.18. The molecule has 6 nitrogen and oxygen atoms in total. The molecule has 1 aliphatic rings. The van der Waals surface area contributed by atoms with E-state index >= 15 is 0 Å². The molecule has 3 aromatic rings. The molecule has 1 atom stereocenters. The summed E-state index contributed by atoms with van der Waals surface area (Å²) in [6.45, 7) is 0.317. The van der Waals surface area contributed by atoms with Crippen molar-refractivity contribution in [3.63, 3.8) is 0 Å². The van der Waals surface area contributed by atoms with Crippen molar-refractivity contribution in [1.29, 1.82) is 0 Å². The van der Waals surface area contributed by atoms with Crippen molar-refractivity contribution in [3.05, 3.63) is 58.6 Å². The third kappa shape index (κ3) is 3.22. The Hall–Kier alpha value is -2.93. The lowest BCUT2D eigenvalue weighted by Gasteiger charge is -2.36. The summed E-state index contributed by atoms with van der Waals surface area (Å²) < 4.78 is 0.956.